The van der Waals surface area contributed by atoms with Crippen LogP contribution in [0.25, 0.3) is 0 Å². The Labute approximate surface area is 178 Å². The van der Waals surface area contributed by atoms with Crippen LogP contribution in [-0.4, -0.2) is 10.9 Å². The van der Waals surface area contributed by atoms with Crippen LogP contribution in [0.15, 0.2) is 60.7 Å². The SMILES string of the molecule is Cc1ccc(C(=O)NCc2ccc(Oc3cccc(CCC(C)C)c3)cc2)c(N)n1. The van der Waals surface area contributed by atoms with E-state index in [1.807, 2.05) is 43.3 Å². The molecule has 0 aliphatic heterocycles. The third-order valence-corrected chi connectivity index (χ3v) is 4.83. The number of carbonyl (C=O) groups is 1. The maximum absolute atomic E-state index is 12.3. The summed E-state index contributed by atoms with van der Waals surface area (Å²) in [5.41, 5.74) is 9.26. The minimum Gasteiger partial charge on any atom is -0.457 e. The number of aryl methyl sites for hydroxylation is 2. The largest absolute Gasteiger partial charge is 0.457 e. The van der Waals surface area contributed by atoms with E-state index in [-0.39, 0.29) is 11.7 Å². The minimum absolute atomic E-state index is 0.237. The molecule has 1 amide bonds. The van der Waals surface area contributed by atoms with Crippen LogP contribution in [0.3, 0.4) is 0 Å². The predicted octanol–water partition coefficient (Wildman–Crippen LogP) is 5.28. The van der Waals surface area contributed by atoms with Crippen molar-refractivity contribution in [3.8, 4) is 11.5 Å². The molecule has 0 saturated carbocycles. The smallest absolute Gasteiger partial charge is 0.255 e. The minimum atomic E-state index is -0.237. The number of nitrogens with two attached hydrogens (primary N) is 1. The van der Waals surface area contributed by atoms with Crippen LogP contribution in [0.1, 0.15) is 47.4 Å². The summed E-state index contributed by atoms with van der Waals surface area (Å²) in [5, 5.41) is 2.88. The Bertz CT molecular complexity index is 998. The van der Waals surface area contributed by atoms with Crippen molar-refractivity contribution in [2.24, 2.45) is 5.92 Å². The highest BCUT2D eigenvalue weighted by Gasteiger charge is 2.10. The van der Waals surface area contributed by atoms with Crippen LogP contribution >= 0.6 is 0 Å². The summed E-state index contributed by atoms with van der Waals surface area (Å²) in [4.78, 5) is 16.5. The molecule has 0 aliphatic carbocycles. The summed E-state index contributed by atoms with van der Waals surface area (Å²) < 4.78 is 5.99. The fraction of sp³-hybridized carbons (Fsp3) is 0.280. The van der Waals surface area contributed by atoms with Crippen molar-refractivity contribution >= 4 is 11.7 Å². The maximum Gasteiger partial charge on any atom is 0.255 e. The lowest BCUT2D eigenvalue weighted by atomic mass is 10.0. The Balaban J connectivity index is 1.56. The number of carbonyl (C=O) groups excluding carboxylic acids is 1. The average Bonchev–Trinajstić information content (AvgIpc) is 2.72. The van der Waals surface area contributed by atoms with Gasteiger partial charge in [0, 0.05) is 12.2 Å². The summed E-state index contributed by atoms with van der Waals surface area (Å²) in [7, 11) is 0. The van der Waals surface area contributed by atoms with E-state index in [4.69, 9.17) is 10.5 Å². The Kier molecular flexibility index (Phi) is 7.07. The molecule has 1 aromatic heterocycles. The number of nitrogen functional groups attached to an aromatic ring is 1. The fourth-order valence-corrected chi connectivity index (χ4v) is 3.08. The molecule has 0 bridgehead atoms. The lowest BCUT2D eigenvalue weighted by Gasteiger charge is -2.10. The Hall–Kier alpha value is -3.34. The van der Waals surface area contributed by atoms with Crippen molar-refractivity contribution in [2.75, 3.05) is 5.73 Å². The number of pyridine rings is 1. The van der Waals surface area contributed by atoms with Gasteiger partial charge in [-0.15, -0.1) is 0 Å². The zero-order chi connectivity index (χ0) is 21.5. The highest BCUT2D eigenvalue weighted by atomic mass is 16.5. The third kappa shape index (κ3) is 6.08. The van der Waals surface area contributed by atoms with Crippen molar-refractivity contribution < 1.29 is 9.53 Å². The molecule has 0 aliphatic rings. The van der Waals surface area contributed by atoms with E-state index in [1.165, 1.54) is 5.56 Å². The number of ether oxygens (including phenoxy) is 1. The van der Waals surface area contributed by atoms with Gasteiger partial charge in [0.15, 0.2) is 0 Å². The molecule has 0 spiro atoms. The van der Waals surface area contributed by atoms with Crippen LogP contribution in [0.4, 0.5) is 5.82 Å². The molecule has 0 radical (unpaired) electrons. The second-order valence-electron chi connectivity index (χ2n) is 7.89. The molecule has 5 nitrogen and oxygen atoms in total. The molecule has 0 fully saturated rings. The zero-order valence-corrected chi connectivity index (χ0v) is 17.8. The van der Waals surface area contributed by atoms with Gasteiger partial charge < -0.3 is 15.8 Å². The Morgan fingerprint density at radius 3 is 2.50 bits per heavy atom. The fourth-order valence-electron chi connectivity index (χ4n) is 3.08. The van der Waals surface area contributed by atoms with E-state index in [0.29, 0.717) is 18.0 Å². The Morgan fingerprint density at radius 2 is 1.80 bits per heavy atom. The van der Waals surface area contributed by atoms with Crippen LogP contribution in [0, 0.1) is 12.8 Å². The van der Waals surface area contributed by atoms with Crippen molar-refractivity contribution in [3.05, 3.63) is 83.0 Å². The lowest BCUT2D eigenvalue weighted by Crippen LogP contribution is -2.24. The summed E-state index contributed by atoms with van der Waals surface area (Å²) in [6, 6.07) is 19.4. The molecule has 1 heterocycles. The highest BCUT2D eigenvalue weighted by molar-refractivity contribution is 5.98. The first-order valence-corrected chi connectivity index (χ1v) is 10.3. The van der Waals surface area contributed by atoms with Crippen LogP contribution in [0.2, 0.25) is 0 Å². The molecule has 0 atom stereocenters. The van der Waals surface area contributed by atoms with Gasteiger partial charge >= 0.3 is 0 Å². The molecule has 3 aromatic rings. The molecule has 30 heavy (non-hydrogen) atoms. The van der Waals surface area contributed by atoms with Gasteiger partial charge in [-0.25, -0.2) is 4.98 Å². The molecule has 156 valence electrons. The Morgan fingerprint density at radius 1 is 1.03 bits per heavy atom. The summed E-state index contributed by atoms with van der Waals surface area (Å²) in [6.07, 6.45) is 2.21. The normalized spacial score (nSPS) is 10.8. The van der Waals surface area contributed by atoms with E-state index in [2.05, 4.69) is 36.3 Å². The van der Waals surface area contributed by atoms with Crippen LogP contribution in [0.5, 0.6) is 11.5 Å². The van der Waals surface area contributed by atoms with E-state index in [1.54, 1.807) is 12.1 Å². The van der Waals surface area contributed by atoms with Gasteiger partial charge in [-0.05, 0) is 73.2 Å². The van der Waals surface area contributed by atoms with Crippen LogP contribution < -0.4 is 15.8 Å². The molecule has 2 aromatic carbocycles. The number of nitrogens with zero attached hydrogens (tertiary/aromatic N) is 1. The molecule has 0 unspecified atom stereocenters. The number of amides is 1. The molecular weight excluding hydrogens is 374 g/mol. The third-order valence-electron chi connectivity index (χ3n) is 4.83. The number of anilines is 1. The van der Waals surface area contributed by atoms with Gasteiger partial charge in [0.2, 0.25) is 0 Å². The summed E-state index contributed by atoms with van der Waals surface area (Å²) in [6.45, 7) is 6.70. The van der Waals surface area contributed by atoms with E-state index in [0.717, 1.165) is 35.6 Å². The number of benzene rings is 2. The number of hydrogen-bond acceptors (Lipinski definition) is 4. The second kappa shape index (κ2) is 9.92. The van der Waals surface area contributed by atoms with E-state index < -0.39 is 0 Å². The lowest BCUT2D eigenvalue weighted by molar-refractivity contribution is 0.0951. The number of aromatic nitrogens is 1. The summed E-state index contributed by atoms with van der Waals surface area (Å²) >= 11 is 0. The number of hydrogen-bond donors (Lipinski definition) is 2. The quantitative estimate of drug-likeness (QED) is 0.536. The standard InChI is InChI=1S/C25H29N3O2/c1-17(2)7-9-19-5-4-6-22(15-19)30-21-12-10-20(11-13-21)16-27-25(29)23-14-8-18(3)28-24(23)26/h4-6,8,10-15,17H,7,9,16H2,1-3H3,(H2,26,28)(H,27,29). The second-order valence-corrected chi connectivity index (χ2v) is 7.89. The van der Waals surface area contributed by atoms with Gasteiger partial charge in [0.1, 0.15) is 17.3 Å². The van der Waals surface area contributed by atoms with Crippen molar-refractivity contribution in [3.63, 3.8) is 0 Å². The highest BCUT2D eigenvalue weighted by Crippen LogP contribution is 2.23. The molecule has 0 saturated heterocycles. The molecule has 3 N–H and O–H groups in total. The molecular formula is C25H29N3O2. The topological polar surface area (TPSA) is 77.2 Å². The van der Waals surface area contributed by atoms with Gasteiger partial charge in [-0.1, -0.05) is 38.1 Å². The first kappa shape index (κ1) is 21.4. The first-order chi connectivity index (χ1) is 14.4. The summed E-state index contributed by atoms with van der Waals surface area (Å²) in [5.74, 6) is 2.28. The van der Waals surface area contributed by atoms with Gasteiger partial charge in [0.05, 0.1) is 5.56 Å². The van der Waals surface area contributed by atoms with Crippen molar-refractivity contribution in [1.82, 2.24) is 10.3 Å². The number of nitrogens with one attached hydrogen (secondary N) is 1. The van der Waals surface area contributed by atoms with E-state index in [9.17, 15) is 4.79 Å². The van der Waals surface area contributed by atoms with Gasteiger partial charge in [-0.3, -0.25) is 4.79 Å². The van der Waals surface area contributed by atoms with Crippen LogP contribution in [-0.2, 0) is 13.0 Å². The monoisotopic (exact) mass is 403 g/mol. The van der Waals surface area contributed by atoms with Crippen molar-refractivity contribution in [1.29, 1.82) is 0 Å². The van der Waals surface area contributed by atoms with Crippen molar-refractivity contribution in [2.45, 2.75) is 40.2 Å². The molecule has 3 rings (SSSR count). The van der Waals surface area contributed by atoms with Gasteiger partial charge in [0.25, 0.3) is 5.91 Å². The van der Waals surface area contributed by atoms with E-state index >= 15 is 0 Å². The predicted molar refractivity (Wildman–Crippen MR) is 121 cm³/mol. The number of rotatable bonds is 8. The zero-order valence-electron chi connectivity index (χ0n) is 17.8. The average molecular weight is 404 g/mol. The first-order valence-electron chi connectivity index (χ1n) is 10.3. The molecule has 5 heteroatoms. The maximum atomic E-state index is 12.3. The van der Waals surface area contributed by atoms with Gasteiger partial charge in [-0.2, -0.15) is 0 Å².